The number of ether oxygens (including phenoxy) is 1. The Kier molecular flexibility index (Phi) is 4.98. The third-order valence-electron chi connectivity index (χ3n) is 2.84. The molecule has 1 aromatic carbocycles. The zero-order valence-electron chi connectivity index (χ0n) is 10.8. The molecule has 0 unspecified atom stereocenters. The van der Waals surface area contributed by atoms with Gasteiger partial charge in [0.15, 0.2) is 0 Å². The van der Waals surface area contributed by atoms with Crippen LogP contribution in [0.3, 0.4) is 0 Å². The number of nitrogens with zero attached hydrogens (tertiary/aromatic N) is 1. The normalized spacial score (nSPS) is 12.2. The maximum atomic E-state index is 12.0. The Bertz CT molecular complexity index is 676. The maximum absolute atomic E-state index is 12.0. The van der Waals surface area contributed by atoms with Gasteiger partial charge in [0.25, 0.3) is 0 Å². The van der Waals surface area contributed by atoms with E-state index in [9.17, 15) is 9.59 Å². The van der Waals surface area contributed by atoms with Crippen LogP contribution in [0.15, 0.2) is 41.7 Å². The topological polar surface area (TPSA) is 48.3 Å². The number of para-hydroxylation sites is 1. The van der Waals surface area contributed by atoms with Gasteiger partial charge in [-0.25, -0.2) is 0 Å². The Hall–Kier alpha value is -1.59. The molecule has 0 aliphatic heterocycles. The molecule has 0 N–H and O–H groups in total. The summed E-state index contributed by atoms with van der Waals surface area (Å²) in [5, 5.41) is 0. The Balaban J connectivity index is 2.25. The van der Waals surface area contributed by atoms with Crippen molar-refractivity contribution in [3.8, 4) is 0 Å². The number of benzene rings is 1. The molecule has 20 heavy (non-hydrogen) atoms. The number of halogens is 1. The van der Waals surface area contributed by atoms with Gasteiger partial charge in [-0.3, -0.25) is 14.2 Å². The van der Waals surface area contributed by atoms with Gasteiger partial charge in [0.1, 0.15) is 6.61 Å². The van der Waals surface area contributed by atoms with Gasteiger partial charge >= 0.3 is 10.8 Å². The fourth-order valence-corrected chi connectivity index (χ4v) is 2.98. The van der Waals surface area contributed by atoms with Crippen molar-refractivity contribution in [1.82, 2.24) is 4.57 Å². The van der Waals surface area contributed by atoms with Crippen LogP contribution in [0.1, 0.15) is 0 Å². The number of alkyl halides is 1. The number of carbonyl (C=O) groups is 1. The average Bonchev–Trinajstić information content (AvgIpc) is 2.77. The van der Waals surface area contributed by atoms with Crippen LogP contribution in [0.4, 0.5) is 0 Å². The summed E-state index contributed by atoms with van der Waals surface area (Å²) in [6.07, 6.45) is 1.50. The van der Waals surface area contributed by atoms with Crippen LogP contribution >= 0.6 is 22.9 Å². The van der Waals surface area contributed by atoms with Crippen LogP contribution in [0.2, 0.25) is 0 Å². The monoisotopic (exact) mass is 311 g/mol. The summed E-state index contributed by atoms with van der Waals surface area (Å²) in [5.74, 6) is -0.860. The molecule has 1 aromatic heterocycles. The lowest BCUT2D eigenvalue weighted by atomic mass is 10.2. The minimum absolute atomic E-state index is 0.0992. The SMILES string of the molecule is C=CCOC(=O)[C@@H](CCl)Cn1c(=O)sc2ccccc21. The van der Waals surface area contributed by atoms with Gasteiger partial charge in [-0.1, -0.05) is 36.1 Å². The molecule has 0 aliphatic carbocycles. The molecule has 4 nitrogen and oxygen atoms in total. The number of esters is 1. The van der Waals surface area contributed by atoms with E-state index < -0.39 is 11.9 Å². The lowest BCUT2D eigenvalue weighted by Gasteiger charge is -2.13. The van der Waals surface area contributed by atoms with Crippen LogP contribution in [0, 0.1) is 5.92 Å². The van der Waals surface area contributed by atoms with Crippen molar-refractivity contribution in [3.63, 3.8) is 0 Å². The third kappa shape index (κ3) is 3.11. The molecule has 1 heterocycles. The van der Waals surface area contributed by atoms with Crippen LogP contribution in [0.5, 0.6) is 0 Å². The molecule has 0 saturated carbocycles. The molecule has 6 heteroatoms. The summed E-state index contributed by atoms with van der Waals surface area (Å²) >= 11 is 6.98. The highest BCUT2D eigenvalue weighted by Crippen LogP contribution is 2.18. The highest BCUT2D eigenvalue weighted by atomic mass is 35.5. The number of hydrogen-bond donors (Lipinski definition) is 0. The smallest absolute Gasteiger partial charge is 0.312 e. The molecule has 0 amide bonds. The Morgan fingerprint density at radius 2 is 2.25 bits per heavy atom. The summed E-state index contributed by atoms with van der Waals surface area (Å²) in [5.41, 5.74) is 0.814. The summed E-state index contributed by atoms with van der Waals surface area (Å²) < 4.78 is 7.46. The fourth-order valence-electron chi connectivity index (χ4n) is 1.85. The second-order valence-electron chi connectivity index (χ2n) is 4.22. The van der Waals surface area contributed by atoms with Gasteiger partial charge in [-0.15, -0.1) is 11.6 Å². The molecule has 2 aromatic rings. The molecule has 106 valence electrons. The quantitative estimate of drug-likeness (QED) is 0.468. The zero-order valence-corrected chi connectivity index (χ0v) is 12.3. The van der Waals surface area contributed by atoms with Crippen LogP contribution in [-0.2, 0) is 16.1 Å². The lowest BCUT2D eigenvalue weighted by molar-refractivity contribution is -0.146. The van der Waals surface area contributed by atoms with E-state index >= 15 is 0 Å². The van der Waals surface area contributed by atoms with Gasteiger partial charge in [0, 0.05) is 12.4 Å². The molecule has 1 atom stereocenters. The first-order chi connectivity index (χ1) is 9.67. The van der Waals surface area contributed by atoms with Gasteiger partial charge in [-0.05, 0) is 12.1 Å². The summed E-state index contributed by atoms with van der Waals surface area (Å²) in [7, 11) is 0. The number of aromatic nitrogens is 1. The van der Waals surface area contributed by atoms with E-state index in [1.165, 1.54) is 6.08 Å². The predicted molar refractivity (Wildman–Crippen MR) is 81.5 cm³/mol. The number of carbonyl (C=O) groups excluding carboxylic acids is 1. The van der Waals surface area contributed by atoms with E-state index in [0.717, 1.165) is 21.6 Å². The molecular weight excluding hydrogens is 298 g/mol. The Morgan fingerprint density at radius 1 is 1.50 bits per heavy atom. The van der Waals surface area contributed by atoms with E-state index in [1.54, 1.807) is 4.57 Å². The molecule has 0 saturated heterocycles. The van der Waals surface area contributed by atoms with Gasteiger partial charge in [0.05, 0.1) is 16.1 Å². The second kappa shape index (κ2) is 6.72. The second-order valence-corrected chi connectivity index (χ2v) is 5.52. The van der Waals surface area contributed by atoms with Crippen molar-refractivity contribution in [2.45, 2.75) is 6.54 Å². The first-order valence-corrected chi connectivity index (χ1v) is 7.44. The largest absolute Gasteiger partial charge is 0.461 e. The van der Waals surface area contributed by atoms with Crippen LogP contribution in [-0.4, -0.2) is 23.0 Å². The molecule has 2 rings (SSSR count). The van der Waals surface area contributed by atoms with E-state index in [2.05, 4.69) is 6.58 Å². The van der Waals surface area contributed by atoms with Crippen molar-refractivity contribution in [2.24, 2.45) is 5.92 Å². The summed E-state index contributed by atoms with van der Waals surface area (Å²) in [4.78, 5) is 23.7. The van der Waals surface area contributed by atoms with Gasteiger partial charge in [-0.2, -0.15) is 0 Å². The molecule has 0 spiro atoms. The predicted octanol–water partition coefficient (Wildman–Crippen LogP) is 2.65. The molecular formula is C14H14ClNO3S. The molecule has 0 bridgehead atoms. The lowest BCUT2D eigenvalue weighted by Crippen LogP contribution is -2.27. The first kappa shape index (κ1) is 14.8. The number of rotatable bonds is 6. The minimum Gasteiger partial charge on any atom is -0.461 e. The van der Waals surface area contributed by atoms with Crippen molar-refractivity contribution in [3.05, 3.63) is 46.6 Å². The highest BCUT2D eigenvalue weighted by molar-refractivity contribution is 7.16. The highest BCUT2D eigenvalue weighted by Gasteiger charge is 2.21. The average molecular weight is 312 g/mol. The molecule has 0 aliphatic rings. The van der Waals surface area contributed by atoms with Gasteiger partial charge < -0.3 is 4.74 Å². The Morgan fingerprint density at radius 3 is 2.95 bits per heavy atom. The number of fused-ring (bicyclic) bond motifs is 1. The van der Waals surface area contributed by atoms with Gasteiger partial charge in [0.2, 0.25) is 0 Å². The maximum Gasteiger partial charge on any atom is 0.312 e. The van der Waals surface area contributed by atoms with Crippen molar-refractivity contribution < 1.29 is 9.53 Å². The van der Waals surface area contributed by atoms with E-state index in [1.807, 2.05) is 24.3 Å². The standard InChI is InChI=1S/C14H14ClNO3S/c1-2-7-19-13(17)10(8-15)9-16-11-5-3-4-6-12(11)20-14(16)18/h2-6,10H,1,7-9H2/t10-/m0/s1. The molecule has 0 radical (unpaired) electrons. The number of hydrogen-bond acceptors (Lipinski definition) is 4. The van der Waals surface area contributed by atoms with E-state index in [0.29, 0.717) is 0 Å². The van der Waals surface area contributed by atoms with Crippen molar-refractivity contribution in [2.75, 3.05) is 12.5 Å². The molecule has 0 fully saturated rings. The fraction of sp³-hybridized carbons (Fsp3) is 0.286. The van der Waals surface area contributed by atoms with Crippen molar-refractivity contribution in [1.29, 1.82) is 0 Å². The van der Waals surface area contributed by atoms with Crippen LogP contribution < -0.4 is 4.87 Å². The van der Waals surface area contributed by atoms with Crippen LogP contribution in [0.25, 0.3) is 10.2 Å². The number of thiazole rings is 1. The summed E-state index contributed by atoms with van der Waals surface area (Å²) in [6.45, 7) is 3.85. The third-order valence-corrected chi connectivity index (χ3v) is 4.17. The zero-order chi connectivity index (χ0) is 14.5. The Labute approximate surface area is 125 Å². The van der Waals surface area contributed by atoms with E-state index in [-0.39, 0.29) is 23.9 Å². The van der Waals surface area contributed by atoms with Crippen molar-refractivity contribution >= 4 is 39.1 Å². The summed E-state index contributed by atoms with van der Waals surface area (Å²) in [6, 6.07) is 7.47. The van der Waals surface area contributed by atoms with E-state index in [4.69, 9.17) is 16.3 Å². The first-order valence-electron chi connectivity index (χ1n) is 6.09. The minimum atomic E-state index is -0.549.